The van der Waals surface area contributed by atoms with Crippen LogP contribution in [0.5, 0.6) is 28.7 Å². The van der Waals surface area contributed by atoms with E-state index in [1.807, 2.05) is 0 Å². The van der Waals surface area contributed by atoms with Crippen LogP contribution >= 0.6 is 0 Å². The molecule has 0 bridgehead atoms. The van der Waals surface area contributed by atoms with Gasteiger partial charge < -0.3 is 29.2 Å². The molecule has 1 aliphatic heterocycles. The van der Waals surface area contributed by atoms with Gasteiger partial charge in [-0.3, -0.25) is 4.79 Å². The SMILES string of the molecule is COc1cc(O)c2c(c1)O[C@@H](c1ccc(OC)c(O)c1)[C@H](OC)C2=O. The Hall–Kier alpha value is -2.93. The summed E-state index contributed by atoms with van der Waals surface area (Å²) in [5.74, 6) is 0.123. The van der Waals surface area contributed by atoms with Gasteiger partial charge in [0.2, 0.25) is 5.78 Å². The van der Waals surface area contributed by atoms with Gasteiger partial charge in [0.1, 0.15) is 22.8 Å². The first-order chi connectivity index (χ1) is 12.0. The third kappa shape index (κ3) is 2.83. The summed E-state index contributed by atoms with van der Waals surface area (Å²) in [4.78, 5) is 12.8. The van der Waals surface area contributed by atoms with Gasteiger partial charge in [0.15, 0.2) is 23.7 Å². The number of methoxy groups -OCH3 is 3. The van der Waals surface area contributed by atoms with Crippen molar-refractivity contribution in [3.63, 3.8) is 0 Å². The summed E-state index contributed by atoms with van der Waals surface area (Å²) in [6.45, 7) is 0. The van der Waals surface area contributed by atoms with Gasteiger partial charge in [0, 0.05) is 19.2 Å². The Kier molecular flexibility index (Phi) is 4.41. The number of phenols is 2. The van der Waals surface area contributed by atoms with Crippen LogP contribution in [0.25, 0.3) is 0 Å². The van der Waals surface area contributed by atoms with Crippen molar-refractivity contribution in [3.05, 3.63) is 41.5 Å². The summed E-state index contributed by atoms with van der Waals surface area (Å²) in [6.07, 6.45) is -1.77. The van der Waals surface area contributed by atoms with Crippen molar-refractivity contribution in [1.29, 1.82) is 0 Å². The van der Waals surface area contributed by atoms with Gasteiger partial charge in [0.25, 0.3) is 0 Å². The van der Waals surface area contributed by atoms with Crippen molar-refractivity contribution in [2.24, 2.45) is 0 Å². The molecule has 1 heterocycles. The van der Waals surface area contributed by atoms with Gasteiger partial charge in [-0.25, -0.2) is 0 Å². The van der Waals surface area contributed by atoms with Crippen molar-refractivity contribution in [2.45, 2.75) is 12.2 Å². The van der Waals surface area contributed by atoms with Crippen LogP contribution < -0.4 is 14.2 Å². The first kappa shape index (κ1) is 16.9. The van der Waals surface area contributed by atoms with Crippen molar-refractivity contribution in [2.75, 3.05) is 21.3 Å². The maximum atomic E-state index is 12.8. The van der Waals surface area contributed by atoms with Crippen LogP contribution in [0.3, 0.4) is 0 Å². The van der Waals surface area contributed by atoms with Gasteiger partial charge in [-0.1, -0.05) is 6.07 Å². The summed E-state index contributed by atoms with van der Waals surface area (Å²) in [5.41, 5.74) is 0.577. The van der Waals surface area contributed by atoms with Crippen molar-refractivity contribution >= 4 is 5.78 Å². The van der Waals surface area contributed by atoms with Crippen molar-refractivity contribution in [1.82, 2.24) is 0 Å². The molecule has 0 fully saturated rings. The lowest BCUT2D eigenvalue weighted by Crippen LogP contribution is -2.37. The Morgan fingerprint density at radius 3 is 2.36 bits per heavy atom. The Balaban J connectivity index is 2.08. The minimum absolute atomic E-state index is 0.0432. The van der Waals surface area contributed by atoms with Crippen LogP contribution in [0, 0.1) is 0 Å². The van der Waals surface area contributed by atoms with E-state index < -0.39 is 18.0 Å². The minimum Gasteiger partial charge on any atom is -0.507 e. The number of aromatic hydroxyl groups is 2. The van der Waals surface area contributed by atoms with Gasteiger partial charge in [-0.2, -0.15) is 0 Å². The van der Waals surface area contributed by atoms with Crippen LogP contribution in [0.2, 0.25) is 0 Å². The van der Waals surface area contributed by atoms with Crippen LogP contribution in [-0.2, 0) is 4.74 Å². The van der Waals surface area contributed by atoms with E-state index in [0.717, 1.165) is 0 Å². The summed E-state index contributed by atoms with van der Waals surface area (Å²) >= 11 is 0. The van der Waals surface area contributed by atoms with Crippen LogP contribution in [0.15, 0.2) is 30.3 Å². The highest BCUT2D eigenvalue weighted by atomic mass is 16.5. The molecule has 1 aliphatic rings. The zero-order valence-electron chi connectivity index (χ0n) is 14.0. The Bertz CT molecular complexity index is 815. The average Bonchev–Trinajstić information content (AvgIpc) is 2.60. The smallest absolute Gasteiger partial charge is 0.203 e. The molecule has 0 unspecified atom stereocenters. The molecule has 0 amide bonds. The molecule has 7 heteroatoms. The van der Waals surface area contributed by atoms with E-state index in [1.54, 1.807) is 12.1 Å². The Morgan fingerprint density at radius 2 is 1.76 bits per heavy atom. The molecule has 0 saturated carbocycles. The molecular weight excluding hydrogens is 328 g/mol. The Labute approximate surface area is 144 Å². The first-order valence-corrected chi connectivity index (χ1v) is 7.51. The maximum absolute atomic E-state index is 12.8. The number of rotatable bonds is 4. The number of carbonyl (C=O) groups is 1. The highest BCUT2D eigenvalue weighted by molar-refractivity contribution is 6.05. The van der Waals surface area contributed by atoms with E-state index in [-0.39, 0.29) is 22.8 Å². The zero-order valence-corrected chi connectivity index (χ0v) is 14.0. The number of ketones is 1. The highest BCUT2D eigenvalue weighted by Gasteiger charge is 2.40. The second kappa shape index (κ2) is 6.52. The van der Waals surface area contributed by atoms with E-state index in [2.05, 4.69) is 0 Å². The van der Waals surface area contributed by atoms with E-state index in [4.69, 9.17) is 18.9 Å². The predicted molar refractivity (Wildman–Crippen MR) is 87.8 cm³/mol. The molecule has 3 rings (SSSR count). The van der Waals surface area contributed by atoms with Gasteiger partial charge in [-0.05, 0) is 17.7 Å². The maximum Gasteiger partial charge on any atom is 0.203 e. The van der Waals surface area contributed by atoms with Gasteiger partial charge >= 0.3 is 0 Å². The number of phenolic OH excluding ortho intramolecular Hbond substituents is 2. The lowest BCUT2D eigenvalue weighted by molar-refractivity contribution is -0.00116. The summed E-state index contributed by atoms with van der Waals surface area (Å²) < 4.78 is 21.3. The van der Waals surface area contributed by atoms with E-state index >= 15 is 0 Å². The third-order valence-corrected chi connectivity index (χ3v) is 4.11. The fourth-order valence-corrected chi connectivity index (χ4v) is 2.87. The van der Waals surface area contributed by atoms with Crippen LogP contribution in [0.1, 0.15) is 22.0 Å². The lowest BCUT2D eigenvalue weighted by Gasteiger charge is -2.32. The van der Waals surface area contributed by atoms with E-state index in [9.17, 15) is 15.0 Å². The zero-order chi connectivity index (χ0) is 18.1. The monoisotopic (exact) mass is 346 g/mol. The normalized spacial score (nSPS) is 19.1. The van der Waals surface area contributed by atoms with Crippen LogP contribution in [-0.4, -0.2) is 43.4 Å². The predicted octanol–water partition coefficient (Wildman–Crippen LogP) is 2.45. The molecule has 2 atom stereocenters. The lowest BCUT2D eigenvalue weighted by atomic mass is 9.92. The summed E-state index contributed by atoms with van der Waals surface area (Å²) in [7, 11) is 4.27. The molecule has 25 heavy (non-hydrogen) atoms. The standard InChI is InChI=1S/C18H18O7/c1-22-10-7-12(20)15-14(8-10)25-17(18(24-3)16(15)21)9-4-5-13(23-2)11(19)6-9/h4-8,17-20H,1-3H3/t17-,18+/m0/s1. The molecule has 0 aromatic heterocycles. The highest BCUT2D eigenvalue weighted by Crippen LogP contribution is 2.43. The first-order valence-electron chi connectivity index (χ1n) is 7.51. The molecule has 2 N–H and O–H groups in total. The second-order valence-electron chi connectivity index (χ2n) is 5.51. The van der Waals surface area contributed by atoms with Gasteiger partial charge in [0.05, 0.1) is 14.2 Å². The summed E-state index contributed by atoms with van der Waals surface area (Å²) in [5, 5.41) is 20.1. The molecule has 7 nitrogen and oxygen atoms in total. The topological polar surface area (TPSA) is 94.5 Å². The molecule has 2 aromatic rings. The van der Waals surface area contributed by atoms with Crippen molar-refractivity contribution < 1.29 is 34.0 Å². The Morgan fingerprint density at radius 1 is 1.00 bits per heavy atom. The molecule has 0 spiro atoms. The summed E-state index contributed by atoms with van der Waals surface area (Å²) in [6, 6.07) is 7.56. The number of Topliss-reactive ketones (excluding diaryl/α,β-unsaturated/α-hetero) is 1. The number of carbonyl (C=O) groups excluding carboxylic acids is 1. The largest absolute Gasteiger partial charge is 0.507 e. The number of fused-ring (bicyclic) bond motifs is 1. The van der Waals surface area contributed by atoms with E-state index in [0.29, 0.717) is 17.1 Å². The second-order valence-corrected chi connectivity index (χ2v) is 5.51. The number of benzene rings is 2. The van der Waals surface area contributed by atoms with Crippen molar-refractivity contribution in [3.8, 4) is 28.7 Å². The fraction of sp³-hybridized carbons (Fsp3) is 0.278. The number of hydrogen-bond donors (Lipinski definition) is 2. The average molecular weight is 346 g/mol. The molecule has 0 aliphatic carbocycles. The molecule has 0 saturated heterocycles. The molecule has 2 aromatic carbocycles. The fourth-order valence-electron chi connectivity index (χ4n) is 2.87. The molecular formula is C18H18O7. The van der Waals surface area contributed by atoms with Crippen LogP contribution in [0.4, 0.5) is 0 Å². The molecule has 0 radical (unpaired) electrons. The minimum atomic E-state index is -0.973. The third-order valence-electron chi connectivity index (χ3n) is 4.11. The molecule has 132 valence electrons. The quantitative estimate of drug-likeness (QED) is 0.878. The van der Waals surface area contributed by atoms with Gasteiger partial charge in [-0.15, -0.1) is 0 Å². The number of ether oxygens (including phenoxy) is 4. The van der Waals surface area contributed by atoms with E-state index in [1.165, 1.54) is 39.5 Å². The number of hydrogen-bond acceptors (Lipinski definition) is 7.